The first kappa shape index (κ1) is 19.8. The van der Waals surface area contributed by atoms with Crippen LogP contribution in [0.2, 0.25) is 0 Å². The number of piperidine rings is 1. The molecule has 1 aliphatic heterocycles. The number of rotatable bonds is 5. The SMILES string of the molecule is Cc1ccccc1CC(C)NCC1CCCN(C(=O)OC(C)(C)C)C1. The van der Waals surface area contributed by atoms with Crippen LogP contribution in [-0.4, -0.2) is 42.3 Å². The summed E-state index contributed by atoms with van der Waals surface area (Å²) in [5.41, 5.74) is 2.33. The molecule has 1 aromatic carbocycles. The third-order valence-corrected chi connectivity index (χ3v) is 4.71. The summed E-state index contributed by atoms with van der Waals surface area (Å²) in [6.45, 7) is 12.7. The highest BCUT2D eigenvalue weighted by Gasteiger charge is 2.27. The van der Waals surface area contributed by atoms with E-state index in [4.69, 9.17) is 4.74 Å². The van der Waals surface area contributed by atoms with Crippen molar-refractivity contribution in [2.45, 2.75) is 65.5 Å². The molecule has 0 spiro atoms. The molecule has 0 aromatic heterocycles. The lowest BCUT2D eigenvalue weighted by molar-refractivity contribution is 0.0165. The van der Waals surface area contributed by atoms with E-state index in [1.807, 2.05) is 25.7 Å². The quantitative estimate of drug-likeness (QED) is 0.870. The third kappa shape index (κ3) is 6.69. The maximum atomic E-state index is 12.3. The Balaban J connectivity index is 1.78. The van der Waals surface area contributed by atoms with E-state index in [1.54, 1.807) is 0 Å². The molecule has 0 bridgehead atoms. The molecule has 2 unspecified atom stereocenters. The highest BCUT2D eigenvalue weighted by atomic mass is 16.6. The molecule has 25 heavy (non-hydrogen) atoms. The first-order valence-corrected chi connectivity index (χ1v) is 9.50. The van der Waals surface area contributed by atoms with E-state index in [0.717, 1.165) is 32.5 Å². The highest BCUT2D eigenvalue weighted by molar-refractivity contribution is 5.68. The normalized spacial score (nSPS) is 19.6. The number of aryl methyl sites for hydroxylation is 1. The minimum atomic E-state index is -0.426. The lowest BCUT2D eigenvalue weighted by Gasteiger charge is -2.34. The Morgan fingerprint density at radius 3 is 2.76 bits per heavy atom. The van der Waals surface area contributed by atoms with E-state index in [0.29, 0.717) is 12.0 Å². The summed E-state index contributed by atoms with van der Waals surface area (Å²) in [5, 5.41) is 3.66. The minimum absolute atomic E-state index is 0.176. The van der Waals surface area contributed by atoms with E-state index in [2.05, 4.69) is 43.4 Å². The van der Waals surface area contributed by atoms with E-state index >= 15 is 0 Å². The smallest absolute Gasteiger partial charge is 0.410 e. The summed E-state index contributed by atoms with van der Waals surface area (Å²) in [6.07, 6.45) is 3.08. The molecule has 0 saturated carbocycles. The second-order valence-electron chi connectivity index (χ2n) is 8.37. The number of ether oxygens (including phenoxy) is 1. The zero-order chi connectivity index (χ0) is 18.4. The van der Waals surface area contributed by atoms with Gasteiger partial charge in [-0.1, -0.05) is 24.3 Å². The maximum Gasteiger partial charge on any atom is 0.410 e. The molecule has 1 amide bonds. The van der Waals surface area contributed by atoms with Crippen LogP contribution >= 0.6 is 0 Å². The number of benzene rings is 1. The van der Waals surface area contributed by atoms with Gasteiger partial charge in [-0.05, 0) is 77.5 Å². The van der Waals surface area contributed by atoms with Crippen molar-refractivity contribution in [3.63, 3.8) is 0 Å². The summed E-state index contributed by atoms with van der Waals surface area (Å²) in [5.74, 6) is 0.501. The zero-order valence-electron chi connectivity index (χ0n) is 16.5. The molecule has 2 rings (SSSR count). The number of carbonyl (C=O) groups is 1. The van der Waals surface area contributed by atoms with Crippen molar-refractivity contribution in [1.29, 1.82) is 0 Å². The molecule has 1 fully saturated rings. The molecule has 1 aromatic rings. The van der Waals surface area contributed by atoms with Crippen molar-refractivity contribution >= 4 is 6.09 Å². The highest BCUT2D eigenvalue weighted by Crippen LogP contribution is 2.19. The largest absolute Gasteiger partial charge is 0.444 e. The second kappa shape index (κ2) is 8.70. The van der Waals surface area contributed by atoms with Gasteiger partial charge in [0.1, 0.15) is 5.60 Å². The van der Waals surface area contributed by atoms with Gasteiger partial charge in [-0.15, -0.1) is 0 Å². The minimum Gasteiger partial charge on any atom is -0.444 e. The number of nitrogens with one attached hydrogen (secondary N) is 1. The van der Waals surface area contributed by atoms with Crippen LogP contribution in [0.4, 0.5) is 4.79 Å². The van der Waals surface area contributed by atoms with Crippen LogP contribution in [0.15, 0.2) is 24.3 Å². The first-order valence-electron chi connectivity index (χ1n) is 9.50. The van der Waals surface area contributed by atoms with Crippen molar-refractivity contribution in [1.82, 2.24) is 10.2 Å². The molecular formula is C21H34N2O2. The van der Waals surface area contributed by atoms with Gasteiger partial charge in [0, 0.05) is 19.1 Å². The van der Waals surface area contributed by atoms with Gasteiger partial charge in [0.25, 0.3) is 0 Å². The Kier molecular flexibility index (Phi) is 6.88. The number of carbonyl (C=O) groups excluding carboxylic acids is 1. The zero-order valence-corrected chi connectivity index (χ0v) is 16.5. The number of likely N-dealkylation sites (tertiary alicyclic amines) is 1. The average molecular weight is 347 g/mol. The monoisotopic (exact) mass is 346 g/mol. The molecule has 1 saturated heterocycles. The van der Waals surface area contributed by atoms with Crippen LogP contribution in [0.3, 0.4) is 0 Å². The Morgan fingerprint density at radius 2 is 2.08 bits per heavy atom. The lowest BCUT2D eigenvalue weighted by atomic mass is 9.97. The van der Waals surface area contributed by atoms with Gasteiger partial charge in [-0.25, -0.2) is 4.79 Å². The van der Waals surface area contributed by atoms with Gasteiger partial charge in [0.05, 0.1) is 0 Å². The van der Waals surface area contributed by atoms with Gasteiger partial charge in [0.2, 0.25) is 0 Å². The van der Waals surface area contributed by atoms with Gasteiger partial charge < -0.3 is 15.0 Å². The fourth-order valence-corrected chi connectivity index (χ4v) is 3.33. The van der Waals surface area contributed by atoms with Crippen molar-refractivity contribution in [2.75, 3.05) is 19.6 Å². The molecule has 1 heterocycles. The Hall–Kier alpha value is -1.55. The molecule has 140 valence electrons. The first-order chi connectivity index (χ1) is 11.7. The number of amides is 1. The van der Waals surface area contributed by atoms with E-state index in [9.17, 15) is 4.79 Å². The van der Waals surface area contributed by atoms with E-state index < -0.39 is 5.60 Å². The predicted molar refractivity (Wildman–Crippen MR) is 103 cm³/mol. The molecule has 1 N–H and O–H groups in total. The topological polar surface area (TPSA) is 41.6 Å². The fraction of sp³-hybridized carbons (Fsp3) is 0.667. The van der Waals surface area contributed by atoms with Crippen molar-refractivity contribution < 1.29 is 9.53 Å². The predicted octanol–water partition coefficient (Wildman–Crippen LogP) is 4.16. The Bertz CT molecular complexity index is 565. The molecule has 1 aliphatic rings. The lowest BCUT2D eigenvalue weighted by Crippen LogP contribution is -2.46. The molecule has 2 atom stereocenters. The van der Waals surface area contributed by atoms with Crippen LogP contribution in [0, 0.1) is 12.8 Å². The summed E-state index contributed by atoms with van der Waals surface area (Å²) in [4.78, 5) is 14.1. The van der Waals surface area contributed by atoms with Crippen molar-refractivity contribution in [3.05, 3.63) is 35.4 Å². The number of hydrogen-bond acceptors (Lipinski definition) is 3. The maximum absolute atomic E-state index is 12.3. The van der Waals surface area contributed by atoms with Crippen LogP contribution in [-0.2, 0) is 11.2 Å². The molecular weight excluding hydrogens is 312 g/mol. The van der Waals surface area contributed by atoms with Gasteiger partial charge in [-0.3, -0.25) is 0 Å². The Morgan fingerprint density at radius 1 is 1.36 bits per heavy atom. The second-order valence-corrected chi connectivity index (χ2v) is 8.37. The van der Waals surface area contributed by atoms with Gasteiger partial charge in [-0.2, -0.15) is 0 Å². The van der Waals surface area contributed by atoms with E-state index in [1.165, 1.54) is 17.5 Å². The fourth-order valence-electron chi connectivity index (χ4n) is 3.33. The standard InChI is InChI=1S/C21H34N2O2/c1-16-9-6-7-11-19(16)13-17(2)22-14-18-10-8-12-23(15-18)20(24)25-21(3,4)5/h6-7,9,11,17-18,22H,8,10,12-15H2,1-5H3. The van der Waals surface area contributed by atoms with Crippen molar-refractivity contribution in [2.24, 2.45) is 5.92 Å². The van der Waals surface area contributed by atoms with Gasteiger partial charge in [0.15, 0.2) is 0 Å². The van der Waals surface area contributed by atoms with Crippen LogP contribution < -0.4 is 5.32 Å². The third-order valence-electron chi connectivity index (χ3n) is 4.71. The average Bonchev–Trinajstić information content (AvgIpc) is 2.54. The van der Waals surface area contributed by atoms with Crippen LogP contribution in [0.1, 0.15) is 51.7 Å². The van der Waals surface area contributed by atoms with Crippen LogP contribution in [0.5, 0.6) is 0 Å². The Labute approximate surface area is 152 Å². The molecule has 0 radical (unpaired) electrons. The molecule has 4 heteroatoms. The van der Waals surface area contributed by atoms with Crippen LogP contribution in [0.25, 0.3) is 0 Å². The number of nitrogens with zero attached hydrogens (tertiary/aromatic N) is 1. The van der Waals surface area contributed by atoms with Gasteiger partial charge >= 0.3 is 6.09 Å². The molecule has 4 nitrogen and oxygen atoms in total. The summed E-state index contributed by atoms with van der Waals surface area (Å²) in [6, 6.07) is 9.00. The summed E-state index contributed by atoms with van der Waals surface area (Å²) < 4.78 is 5.51. The summed E-state index contributed by atoms with van der Waals surface area (Å²) in [7, 11) is 0. The summed E-state index contributed by atoms with van der Waals surface area (Å²) >= 11 is 0. The van der Waals surface area contributed by atoms with Crippen molar-refractivity contribution in [3.8, 4) is 0 Å². The van der Waals surface area contributed by atoms with E-state index in [-0.39, 0.29) is 6.09 Å². The molecule has 0 aliphatic carbocycles. The number of hydrogen-bond donors (Lipinski definition) is 1.